The van der Waals surface area contributed by atoms with E-state index in [0.717, 1.165) is 5.56 Å². The maximum Gasteiger partial charge on any atom is 0.269 e. The zero-order valence-corrected chi connectivity index (χ0v) is 11.4. The summed E-state index contributed by atoms with van der Waals surface area (Å²) in [6.07, 6.45) is 0.311. The van der Waals surface area contributed by atoms with Crippen LogP contribution >= 0.6 is 0 Å². The number of nitro groups is 1. The van der Waals surface area contributed by atoms with E-state index in [9.17, 15) is 14.9 Å². The number of nitro benzene ring substituents is 1. The van der Waals surface area contributed by atoms with E-state index in [1.807, 2.05) is 0 Å². The molecule has 1 aromatic carbocycles. The van der Waals surface area contributed by atoms with Gasteiger partial charge in [0.05, 0.1) is 11.5 Å². The van der Waals surface area contributed by atoms with E-state index in [1.165, 1.54) is 26.4 Å². The number of ether oxygens (including phenoxy) is 2. The monoisotopic (exact) mass is 280 g/mol. The maximum atomic E-state index is 12.0. The zero-order chi connectivity index (χ0) is 14.7. The number of methoxy groups -OCH3 is 2. The Balaban J connectivity index is 2.31. The standard InChI is InChI=1S/C13H16N2O5/c1-19-13(20-2)8-14-11-5-4-10(15(17)18)7-9(11)3-6-12(14)16/h4-5,7,13H,3,6,8H2,1-2H3. The molecule has 1 aliphatic heterocycles. The van der Waals surface area contributed by atoms with Gasteiger partial charge < -0.3 is 14.4 Å². The van der Waals surface area contributed by atoms with E-state index in [0.29, 0.717) is 18.5 Å². The van der Waals surface area contributed by atoms with E-state index >= 15 is 0 Å². The van der Waals surface area contributed by atoms with E-state index in [2.05, 4.69) is 0 Å². The molecule has 0 aliphatic carbocycles. The molecule has 0 N–H and O–H groups in total. The van der Waals surface area contributed by atoms with Crippen molar-refractivity contribution in [2.24, 2.45) is 0 Å². The molecule has 0 unspecified atom stereocenters. The molecular weight excluding hydrogens is 264 g/mol. The fraction of sp³-hybridized carbons (Fsp3) is 0.462. The van der Waals surface area contributed by atoms with Crippen LogP contribution in [0, 0.1) is 10.1 Å². The molecule has 1 amide bonds. The van der Waals surface area contributed by atoms with Gasteiger partial charge in [-0.15, -0.1) is 0 Å². The fourth-order valence-corrected chi connectivity index (χ4v) is 2.25. The molecule has 0 radical (unpaired) electrons. The molecule has 1 heterocycles. The molecule has 0 bridgehead atoms. The normalized spacial score (nSPS) is 14.6. The Morgan fingerprint density at radius 3 is 2.65 bits per heavy atom. The van der Waals surface area contributed by atoms with Crippen LogP contribution in [0.4, 0.5) is 11.4 Å². The molecule has 0 spiro atoms. The van der Waals surface area contributed by atoms with Crippen LogP contribution in [-0.4, -0.2) is 37.9 Å². The van der Waals surface area contributed by atoms with Gasteiger partial charge in [0.15, 0.2) is 6.29 Å². The van der Waals surface area contributed by atoms with Gasteiger partial charge in [0.2, 0.25) is 5.91 Å². The SMILES string of the molecule is COC(CN1C(=O)CCc2cc([N+](=O)[O-])ccc21)OC. The first-order chi connectivity index (χ1) is 9.56. The number of fused-ring (bicyclic) bond motifs is 1. The maximum absolute atomic E-state index is 12.0. The minimum atomic E-state index is -0.528. The molecule has 108 valence electrons. The Labute approximate surface area is 116 Å². The molecular formula is C13H16N2O5. The Bertz CT molecular complexity index is 527. The number of hydrogen-bond donors (Lipinski definition) is 0. The van der Waals surface area contributed by atoms with Gasteiger partial charge in [-0.05, 0) is 18.1 Å². The van der Waals surface area contributed by atoms with E-state index < -0.39 is 11.2 Å². The Kier molecular flexibility index (Phi) is 4.31. The Morgan fingerprint density at radius 2 is 2.05 bits per heavy atom. The second-order valence-corrected chi connectivity index (χ2v) is 4.48. The third kappa shape index (κ3) is 2.78. The summed E-state index contributed by atoms with van der Waals surface area (Å²) < 4.78 is 10.2. The van der Waals surface area contributed by atoms with Gasteiger partial charge in [-0.2, -0.15) is 0 Å². The molecule has 0 aromatic heterocycles. The van der Waals surface area contributed by atoms with Gasteiger partial charge in [0.25, 0.3) is 5.69 Å². The van der Waals surface area contributed by atoms with Gasteiger partial charge in [0.1, 0.15) is 0 Å². The van der Waals surface area contributed by atoms with Crippen LogP contribution in [0.25, 0.3) is 0 Å². The second kappa shape index (κ2) is 5.98. The van der Waals surface area contributed by atoms with E-state index in [1.54, 1.807) is 11.0 Å². The van der Waals surface area contributed by atoms with Gasteiger partial charge in [-0.1, -0.05) is 0 Å². The number of benzene rings is 1. The van der Waals surface area contributed by atoms with Crippen LogP contribution in [0.15, 0.2) is 18.2 Å². The Hall–Kier alpha value is -1.99. The van der Waals surface area contributed by atoms with Gasteiger partial charge in [-0.25, -0.2) is 0 Å². The van der Waals surface area contributed by atoms with Crippen molar-refractivity contribution in [2.45, 2.75) is 19.1 Å². The number of carbonyl (C=O) groups excluding carboxylic acids is 1. The quantitative estimate of drug-likeness (QED) is 0.463. The van der Waals surface area contributed by atoms with Crippen molar-refractivity contribution in [3.8, 4) is 0 Å². The first-order valence-corrected chi connectivity index (χ1v) is 6.20. The predicted octanol–water partition coefficient (Wildman–Crippen LogP) is 1.49. The molecule has 0 atom stereocenters. The molecule has 0 fully saturated rings. The summed E-state index contributed by atoms with van der Waals surface area (Å²) in [5.74, 6) is -0.0366. The summed E-state index contributed by atoms with van der Waals surface area (Å²) in [7, 11) is 3.00. The lowest BCUT2D eigenvalue weighted by atomic mass is 10.0. The minimum absolute atomic E-state index is 0.0353. The second-order valence-electron chi connectivity index (χ2n) is 4.48. The van der Waals surface area contributed by atoms with Crippen molar-refractivity contribution in [3.63, 3.8) is 0 Å². The number of nitrogens with zero attached hydrogens (tertiary/aromatic N) is 2. The highest BCUT2D eigenvalue weighted by molar-refractivity contribution is 5.96. The highest BCUT2D eigenvalue weighted by atomic mass is 16.7. The van der Waals surface area contributed by atoms with Crippen molar-refractivity contribution in [2.75, 3.05) is 25.7 Å². The van der Waals surface area contributed by atoms with Crippen LogP contribution in [0.2, 0.25) is 0 Å². The Morgan fingerprint density at radius 1 is 1.35 bits per heavy atom. The lowest BCUT2D eigenvalue weighted by Gasteiger charge is -2.31. The summed E-state index contributed by atoms with van der Waals surface area (Å²) in [4.78, 5) is 23.9. The van der Waals surface area contributed by atoms with Gasteiger partial charge >= 0.3 is 0 Å². The lowest BCUT2D eigenvalue weighted by Crippen LogP contribution is -2.41. The van der Waals surface area contributed by atoms with Crippen LogP contribution in [0.3, 0.4) is 0 Å². The highest BCUT2D eigenvalue weighted by Gasteiger charge is 2.27. The average molecular weight is 280 g/mol. The van der Waals surface area contributed by atoms with Crippen molar-refractivity contribution in [1.82, 2.24) is 0 Å². The topological polar surface area (TPSA) is 81.9 Å². The van der Waals surface area contributed by atoms with Crippen molar-refractivity contribution >= 4 is 17.3 Å². The number of hydrogen-bond acceptors (Lipinski definition) is 5. The van der Waals surface area contributed by atoms with E-state index in [-0.39, 0.29) is 18.1 Å². The number of amides is 1. The zero-order valence-electron chi connectivity index (χ0n) is 11.4. The van der Waals surface area contributed by atoms with Crippen LogP contribution in [0.5, 0.6) is 0 Å². The van der Waals surface area contributed by atoms with Crippen LogP contribution in [-0.2, 0) is 20.7 Å². The van der Waals surface area contributed by atoms with Crippen LogP contribution in [0.1, 0.15) is 12.0 Å². The summed E-state index contributed by atoms with van der Waals surface area (Å²) in [6, 6.07) is 4.52. The summed E-state index contributed by atoms with van der Waals surface area (Å²) in [5, 5.41) is 10.8. The van der Waals surface area contributed by atoms with Crippen molar-refractivity contribution < 1.29 is 19.2 Å². The smallest absolute Gasteiger partial charge is 0.269 e. The molecule has 7 nitrogen and oxygen atoms in total. The van der Waals surface area contributed by atoms with Gasteiger partial charge in [-0.3, -0.25) is 14.9 Å². The molecule has 7 heteroatoms. The number of non-ortho nitro benzene ring substituents is 1. The van der Waals surface area contributed by atoms with Crippen molar-refractivity contribution in [1.29, 1.82) is 0 Å². The molecule has 1 aliphatic rings. The first-order valence-electron chi connectivity index (χ1n) is 6.20. The predicted molar refractivity (Wildman–Crippen MR) is 71.6 cm³/mol. The number of aryl methyl sites for hydroxylation is 1. The van der Waals surface area contributed by atoms with E-state index in [4.69, 9.17) is 9.47 Å². The summed E-state index contributed by atoms with van der Waals surface area (Å²) in [5.41, 5.74) is 1.52. The third-order valence-corrected chi connectivity index (χ3v) is 3.33. The molecule has 0 saturated heterocycles. The molecule has 1 aromatic rings. The molecule has 2 rings (SSSR count). The highest BCUT2D eigenvalue weighted by Crippen LogP contribution is 2.31. The third-order valence-electron chi connectivity index (χ3n) is 3.33. The molecule has 0 saturated carbocycles. The fourth-order valence-electron chi connectivity index (χ4n) is 2.25. The first kappa shape index (κ1) is 14.4. The summed E-state index contributed by atoms with van der Waals surface area (Å²) >= 11 is 0. The molecule has 20 heavy (non-hydrogen) atoms. The van der Waals surface area contributed by atoms with Gasteiger partial charge in [0, 0.05) is 38.5 Å². The summed E-state index contributed by atoms with van der Waals surface area (Å²) in [6.45, 7) is 0.261. The average Bonchev–Trinajstić information content (AvgIpc) is 2.46. The minimum Gasteiger partial charge on any atom is -0.354 e. The largest absolute Gasteiger partial charge is 0.354 e. The number of anilines is 1. The number of carbonyl (C=O) groups is 1. The lowest BCUT2D eigenvalue weighted by molar-refractivity contribution is -0.384. The van der Waals surface area contributed by atoms with Crippen molar-refractivity contribution in [3.05, 3.63) is 33.9 Å². The van der Waals surface area contributed by atoms with Crippen LogP contribution < -0.4 is 4.90 Å². The number of rotatable bonds is 5.